The predicted molar refractivity (Wildman–Crippen MR) is 63.3 cm³/mol. The summed E-state index contributed by atoms with van der Waals surface area (Å²) in [4.78, 5) is 1.87. The molecule has 0 aromatic rings. The van der Waals surface area contributed by atoms with Crippen molar-refractivity contribution in [3.05, 3.63) is 0 Å². The molecule has 2 saturated carbocycles. The molecule has 0 aromatic heterocycles. The van der Waals surface area contributed by atoms with Crippen molar-refractivity contribution in [3.63, 3.8) is 0 Å². The number of alkyl halides is 3. The van der Waals surface area contributed by atoms with Crippen molar-refractivity contribution in [3.8, 4) is 0 Å². The summed E-state index contributed by atoms with van der Waals surface area (Å²) in [6.07, 6.45) is 0.0862. The molecule has 1 unspecified atom stereocenters. The van der Waals surface area contributed by atoms with Gasteiger partial charge in [-0.25, -0.2) is 0 Å². The van der Waals surface area contributed by atoms with Crippen LogP contribution in [0.2, 0.25) is 0 Å². The zero-order chi connectivity index (χ0) is 13.3. The standard InChI is InChI=1S/C12H20F3N3/c13-12(14,15)10(11(16)17)7-18(5-8-1-2-8)6-9-3-4-9/h8-10H,1-7H2,(H3,16,17). The van der Waals surface area contributed by atoms with Crippen LogP contribution in [0.25, 0.3) is 0 Å². The number of hydrogen-bond acceptors (Lipinski definition) is 2. The van der Waals surface area contributed by atoms with Gasteiger partial charge in [0.2, 0.25) is 0 Å². The number of nitrogens with zero attached hydrogens (tertiary/aromatic N) is 1. The van der Waals surface area contributed by atoms with Gasteiger partial charge in [0.15, 0.2) is 0 Å². The lowest BCUT2D eigenvalue weighted by molar-refractivity contribution is -0.160. The molecule has 6 heteroatoms. The number of halogens is 3. The minimum atomic E-state index is -4.41. The van der Waals surface area contributed by atoms with E-state index in [9.17, 15) is 13.2 Å². The molecule has 0 amide bonds. The van der Waals surface area contributed by atoms with Crippen molar-refractivity contribution < 1.29 is 13.2 Å². The van der Waals surface area contributed by atoms with E-state index in [1.807, 2.05) is 4.90 Å². The lowest BCUT2D eigenvalue weighted by Gasteiger charge is -2.28. The third kappa shape index (κ3) is 4.15. The van der Waals surface area contributed by atoms with Crippen LogP contribution in [0.1, 0.15) is 25.7 Å². The van der Waals surface area contributed by atoms with Gasteiger partial charge in [0, 0.05) is 19.6 Å². The maximum atomic E-state index is 12.8. The Labute approximate surface area is 105 Å². The summed E-state index contributed by atoms with van der Waals surface area (Å²) in [7, 11) is 0. The molecular weight excluding hydrogens is 243 g/mol. The van der Waals surface area contributed by atoms with Crippen LogP contribution in [0.4, 0.5) is 13.2 Å². The molecule has 104 valence electrons. The highest BCUT2D eigenvalue weighted by Gasteiger charge is 2.43. The van der Waals surface area contributed by atoms with E-state index in [0.717, 1.165) is 38.8 Å². The van der Waals surface area contributed by atoms with Crippen LogP contribution >= 0.6 is 0 Å². The summed E-state index contributed by atoms with van der Waals surface area (Å²) in [5.74, 6) is -1.46. The van der Waals surface area contributed by atoms with Crippen LogP contribution in [0, 0.1) is 23.2 Å². The van der Waals surface area contributed by atoms with Gasteiger partial charge in [-0.05, 0) is 37.5 Å². The molecule has 3 nitrogen and oxygen atoms in total. The molecular formula is C12H20F3N3. The lowest BCUT2D eigenvalue weighted by Crippen LogP contribution is -2.45. The maximum Gasteiger partial charge on any atom is 0.399 e. The maximum absolute atomic E-state index is 12.8. The second kappa shape index (κ2) is 5.07. The van der Waals surface area contributed by atoms with Gasteiger partial charge >= 0.3 is 6.18 Å². The molecule has 2 aliphatic rings. The normalized spacial score (nSPS) is 22.2. The van der Waals surface area contributed by atoms with Gasteiger partial charge in [0.25, 0.3) is 0 Å². The topological polar surface area (TPSA) is 53.1 Å². The van der Waals surface area contributed by atoms with E-state index in [-0.39, 0.29) is 6.54 Å². The fraction of sp³-hybridized carbons (Fsp3) is 0.917. The quantitative estimate of drug-likeness (QED) is 0.546. The molecule has 0 aliphatic heterocycles. The van der Waals surface area contributed by atoms with Crippen molar-refractivity contribution in [1.29, 1.82) is 5.41 Å². The molecule has 0 spiro atoms. The van der Waals surface area contributed by atoms with E-state index in [4.69, 9.17) is 11.1 Å². The zero-order valence-electron chi connectivity index (χ0n) is 10.3. The first kappa shape index (κ1) is 13.6. The van der Waals surface area contributed by atoms with Crippen molar-refractivity contribution in [2.75, 3.05) is 19.6 Å². The summed E-state index contributed by atoms with van der Waals surface area (Å²) in [6.45, 7) is 1.32. The summed E-state index contributed by atoms with van der Waals surface area (Å²) in [5, 5.41) is 7.13. The fourth-order valence-electron chi connectivity index (χ4n) is 2.19. The molecule has 0 heterocycles. The van der Waals surface area contributed by atoms with Crippen LogP contribution in [-0.4, -0.2) is 36.5 Å². The third-order valence-electron chi connectivity index (χ3n) is 3.64. The van der Waals surface area contributed by atoms with Crippen molar-refractivity contribution in [2.24, 2.45) is 23.5 Å². The number of amidine groups is 1. The van der Waals surface area contributed by atoms with Crippen molar-refractivity contribution in [1.82, 2.24) is 4.90 Å². The highest BCUT2D eigenvalue weighted by atomic mass is 19.4. The molecule has 0 saturated heterocycles. The van der Waals surface area contributed by atoms with Crippen molar-refractivity contribution in [2.45, 2.75) is 31.9 Å². The number of nitrogens with two attached hydrogens (primary N) is 1. The Morgan fingerprint density at radius 2 is 1.61 bits per heavy atom. The Bertz CT molecular complexity index is 294. The first-order chi connectivity index (χ1) is 8.36. The first-order valence-electron chi connectivity index (χ1n) is 6.49. The van der Waals surface area contributed by atoms with Crippen LogP contribution in [0.15, 0.2) is 0 Å². The summed E-state index contributed by atoms with van der Waals surface area (Å²) < 4.78 is 38.4. The van der Waals surface area contributed by atoms with Gasteiger partial charge in [-0.2, -0.15) is 13.2 Å². The molecule has 0 aromatic carbocycles. The molecule has 0 radical (unpaired) electrons. The monoisotopic (exact) mass is 263 g/mol. The Morgan fingerprint density at radius 3 is 1.89 bits per heavy atom. The van der Waals surface area contributed by atoms with Gasteiger partial charge < -0.3 is 10.6 Å². The number of nitrogens with one attached hydrogen (secondary N) is 1. The molecule has 2 aliphatic carbocycles. The second-order valence-corrected chi connectivity index (χ2v) is 5.65. The summed E-state index contributed by atoms with van der Waals surface area (Å²) in [6, 6.07) is 0. The molecule has 0 bridgehead atoms. The predicted octanol–water partition coefficient (Wildman–Crippen LogP) is 2.22. The van der Waals surface area contributed by atoms with Gasteiger partial charge in [-0.15, -0.1) is 0 Å². The smallest absolute Gasteiger partial charge is 0.387 e. The van der Waals surface area contributed by atoms with Gasteiger partial charge in [0.1, 0.15) is 11.8 Å². The largest absolute Gasteiger partial charge is 0.399 e. The highest BCUT2D eigenvalue weighted by molar-refractivity contribution is 5.80. The molecule has 18 heavy (non-hydrogen) atoms. The minimum absolute atomic E-state index is 0.147. The van der Waals surface area contributed by atoms with Gasteiger partial charge in [-0.1, -0.05) is 0 Å². The van der Waals surface area contributed by atoms with E-state index in [0.29, 0.717) is 11.8 Å². The van der Waals surface area contributed by atoms with E-state index in [1.165, 1.54) is 0 Å². The van der Waals surface area contributed by atoms with Gasteiger partial charge in [0.05, 0.1) is 0 Å². The van der Waals surface area contributed by atoms with Gasteiger partial charge in [-0.3, -0.25) is 5.41 Å². The van der Waals surface area contributed by atoms with Crippen LogP contribution < -0.4 is 5.73 Å². The SMILES string of the molecule is N=C(N)C(CN(CC1CC1)CC1CC1)C(F)(F)F. The Kier molecular flexibility index (Phi) is 3.84. The summed E-state index contributed by atoms with van der Waals surface area (Å²) in [5.41, 5.74) is 5.10. The number of hydrogen-bond donors (Lipinski definition) is 2. The molecule has 2 fully saturated rings. The number of rotatable bonds is 7. The third-order valence-corrected chi connectivity index (χ3v) is 3.64. The average molecular weight is 263 g/mol. The molecule has 1 atom stereocenters. The molecule has 3 N–H and O–H groups in total. The van der Waals surface area contributed by atoms with Crippen molar-refractivity contribution >= 4 is 5.84 Å². The first-order valence-corrected chi connectivity index (χ1v) is 6.49. The molecule has 2 rings (SSSR count). The Morgan fingerprint density at radius 1 is 1.17 bits per heavy atom. The highest BCUT2D eigenvalue weighted by Crippen LogP contribution is 2.35. The van der Waals surface area contributed by atoms with E-state index < -0.39 is 17.9 Å². The van der Waals surface area contributed by atoms with E-state index in [2.05, 4.69) is 0 Å². The Hall–Kier alpha value is -0.780. The second-order valence-electron chi connectivity index (χ2n) is 5.65. The summed E-state index contributed by atoms with van der Waals surface area (Å²) >= 11 is 0. The Balaban J connectivity index is 1.92. The zero-order valence-corrected chi connectivity index (χ0v) is 10.3. The minimum Gasteiger partial charge on any atom is -0.387 e. The van der Waals surface area contributed by atoms with Crippen LogP contribution in [0.3, 0.4) is 0 Å². The van der Waals surface area contributed by atoms with E-state index in [1.54, 1.807) is 0 Å². The fourth-order valence-corrected chi connectivity index (χ4v) is 2.19. The van der Waals surface area contributed by atoms with E-state index >= 15 is 0 Å². The lowest BCUT2D eigenvalue weighted by atomic mass is 10.1. The average Bonchev–Trinajstić information content (AvgIpc) is 3.05. The van der Waals surface area contributed by atoms with Crippen LogP contribution in [0.5, 0.6) is 0 Å². The van der Waals surface area contributed by atoms with Crippen LogP contribution in [-0.2, 0) is 0 Å².